The molecule has 2 aliphatic heterocycles. The van der Waals surface area contributed by atoms with Gasteiger partial charge in [0, 0.05) is 42.3 Å². The molecule has 0 amide bonds. The first-order valence-corrected chi connectivity index (χ1v) is 14.6. The maximum Gasteiger partial charge on any atom is 0.397 e. The third kappa shape index (κ3) is 5.56. The zero-order chi connectivity index (χ0) is 29.5. The van der Waals surface area contributed by atoms with E-state index < -0.39 is 35.8 Å². The summed E-state index contributed by atoms with van der Waals surface area (Å²) in [6.45, 7) is 5.31. The van der Waals surface area contributed by atoms with Crippen LogP contribution < -0.4 is 4.90 Å². The normalized spacial score (nSPS) is 23.0. The first-order chi connectivity index (χ1) is 19.4. The van der Waals surface area contributed by atoms with E-state index in [1.165, 1.54) is 30.0 Å². The van der Waals surface area contributed by atoms with E-state index in [4.69, 9.17) is 4.99 Å². The Hall–Kier alpha value is -3.47. The molecule has 2 atom stereocenters. The first kappa shape index (κ1) is 29.0. The van der Waals surface area contributed by atoms with Gasteiger partial charge in [0.15, 0.2) is 0 Å². The summed E-state index contributed by atoms with van der Waals surface area (Å²) >= 11 is 1.29. The van der Waals surface area contributed by atoms with Crippen LogP contribution in [0.15, 0.2) is 70.2 Å². The van der Waals surface area contributed by atoms with E-state index in [0.717, 1.165) is 18.2 Å². The fourth-order valence-electron chi connectivity index (χ4n) is 5.62. The average Bonchev–Trinajstić information content (AvgIpc) is 2.92. The average molecular weight is 589 g/mol. The lowest BCUT2D eigenvalue weighted by atomic mass is 9.81. The molecule has 2 unspecified atom stereocenters. The highest BCUT2D eigenvalue weighted by Gasteiger charge is 2.52. The zero-order valence-corrected chi connectivity index (χ0v) is 23.9. The summed E-state index contributed by atoms with van der Waals surface area (Å²) in [6.07, 6.45) is -0.689. The zero-order valence-electron chi connectivity index (χ0n) is 23.1. The second-order valence-corrected chi connectivity index (χ2v) is 11.7. The highest BCUT2D eigenvalue weighted by Crippen LogP contribution is 2.51. The maximum absolute atomic E-state index is 15.2. The second kappa shape index (κ2) is 11.1. The minimum absolute atomic E-state index is 0.0239. The number of para-hydroxylation sites is 1. The lowest BCUT2D eigenvalue weighted by molar-refractivity contribution is -0.199. The first-order valence-electron chi connectivity index (χ1n) is 13.4. The van der Waals surface area contributed by atoms with Crippen molar-refractivity contribution >= 4 is 35.1 Å². The van der Waals surface area contributed by atoms with Gasteiger partial charge in [-0.3, -0.25) is 4.79 Å². The molecule has 41 heavy (non-hydrogen) atoms. The molecule has 0 aromatic heterocycles. The number of allylic oxidation sites excluding steroid dienone is 2. The Kier molecular flexibility index (Phi) is 7.84. The number of nitrogens with zero attached hydrogens (tertiary/aromatic N) is 4. The lowest BCUT2D eigenvalue weighted by Gasteiger charge is -2.47. The van der Waals surface area contributed by atoms with Crippen molar-refractivity contribution in [1.29, 1.82) is 0 Å². The van der Waals surface area contributed by atoms with Crippen molar-refractivity contribution < 1.29 is 27.5 Å². The van der Waals surface area contributed by atoms with E-state index in [9.17, 15) is 23.1 Å². The molecule has 2 aromatic carbocycles. The van der Waals surface area contributed by atoms with Crippen molar-refractivity contribution in [2.24, 2.45) is 10.4 Å². The van der Waals surface area contributed by atoms with E-state index >= 15 is 4.39 Å². The van der Waals surface area contributed by atoms with Crippen molar-refractivity contribution in [1.82, 2.24) is 9.80 Å². The number of halogens is 4. The van der Waals surface area contributed by atoms with Crippen LogP contribution in [0.1, 0.15) is 36.9 Å². The van der Waals surface area contributed by atoms with Gasteiger partial charge in [0.05, 0.1) is 23.6 Å². The maximum atomic E-state index is 15.2. The fourth-order valence-corrected chi connectivity index (χ4v) is 6.24. The van der Waals surface area contributed by atoms with E-state index in [1.807, 2.05) is 30.0 Å². The number of rotatable bonds is 5. The number of aliphatic imine (C=N–C) groups is 1. The van der Waals surface area contributed by atoms with Crippen LogP contribution in [0, 0.1) is 18.2 Å². The Morgan fingerprint density at radius 3 is 2.44 bits per heavy atom. The van der Waals surface area contributed by atoms with E-state index in [1.54, 1.807) is 23.3 Å². The smallest absolute Gasteiger partial charge is 0.397 e. The Balaban J connectivity index is 1.62. The standard InChI is InChI=1S/C30H32F4N4O2S/c1-19-6-4-7-20(16-19)36-12-14-37(15-13-36)28-35-27-21(8-5-9-22(27)31)23(17-26(39)40)38(28)24-18-29(2,30(32,33)34)11-10-25(24)41-3/h4-10,16,18,23H,11-15,17H2,1-3H3,(H,39,40). The molecule has 2 aromatic rings. The monoisotopic (exact) mass is 588 g/mol. The summed E-state index contributed by atoms with van der Waals surface area (Å²) in [4.78, 5) is 23.2. The van der Waals surface area contributed by atoms with Gasteiger partial charge in [0.2, 0.25) is 5.96 Å². The Labute approximate surface area is 241 Å². The van der Waals surface area contributed by atoms with Gasteiger partial charge < -0.3 is 19.8 Å². The Bertz CT molecular complexity index is 1430. The molecule has 0 saturated carbocycles. The van der Waals surface area contributed by atoms with E-state index in [0.29, 0.717) is 36.6 Å². The topological polar surface area (TPSA) is 59.4 Å². The summed E-state index contributed by atoms with van der Waals surface area (Å²) in [7, 11) is 0. The molecule has 1 aliphatic carbocycles. The van der Waals surface area contributed by atoms with Crippen LogP contribution in [-0.2, 0) is 4.79 Å². The largest absolute Gasteiger partial charge is 0.481 e. The van der Waals surface area contributed by atoms with Crippen LogP contribution in [0.4, 0.5) is 28.9 Å². The number of benzene rings is 2. The third-order valence-electron chi connectivity index (χ3n) is 7.96. The number of aliphatic carboxylic acids is 1. The number of hydrogen-bond acceptors (Lipinski definition) is 6. The summed E-state index contributed by atoms with van der Waals surface area (Å²) < 4.78 is 58.0. The number of guanidine groups is 1. The van der Waals surface area contributed by atoms with Gasteiger partial charge in [0.25, 0.3) is 0 Å². The number of thioether (sulfide) groups is 1. The molecular formula is C30H32F4N4O2S. The summed E-state index contributed by atoms with van der Waals surface area (Å²) in [6, 6.07) is 11.5. The number of alkyl halides is 3. The molecule has 218 valence electrons. The molecule has 0 radical (unpaired) electrons. The van der Waals surface area contributed by atoms with Gasteiger partial charge >= 0.3 is 12.1 Å². The molecule has 1 saturated heterocycles. The SMILES string of the molecule is CSC1=CCC(C)(C(F)(F)F)C=C1N1C(N2CCN(c3cccc(C)c3)CC2)=Nc2c(F)cccc2C1CC(=O)O. The van der Waals surface area contributed by atoms with Gasteiger partial charge in [-0.05, 0) is 56.4 Å². The van der Waals surface area contributed by atoms with Gasteiger partial charge in [0.1, 0.15) is 11.5 Å². The third-order valence-corrected chi connectivity index (χ3v) is 8.78. The van der Waals surface area contributed by atoms with Crippen LogP contribution in [0.2, 0.25) is 0 Å². The predicted octanol–water partition coefficient (Wildman–Crippen LogP) is 6.88. The van der Waals surface area contributed by atoms with Gasteiger partial charge in [-0.2, -0.15) is 13.2 Å². The molecular weight excluding hydrogens is 556 g/mol. The van der Waals surface area contributed by atoms with Crippen LogP contribution in [-0.4, -0.2) is 65.4 Å². The molecule has 11 heteroatoms. The van der Waals surface area contributed by atoms with Gasteiger partial charge in [-0.1, -0.05) is 30.3 Å². The summed E-state index contributed by atoms with van der Waals surface area (Å²) in [5.41, 5.74) is 0.628. The number of carboxylic acids is 1. The molecule has 1 N–H and O–H groups in total. The summed E-state index contributed by atoms with van der Waals surface area (Å²) in [5, 5.41) is 9.91. The molecule has 2 heterocycles. The van der Waals surface area contributed by atoms with Crippen LogP contribution in [0.5, 0.6) is 0 Å². The molecule has 0 spiro atoms. The van der Waals surface area contributed by atoms with Crippen molar-refractivity contribution in [3.05, 3.63) is 82.2 Å². The van der Waals surface area contributed by atoms with Crippen molar-refractivity contribution in [3.8, 4) is 0 Å². The number of anilines is 1. The molecule has 0 bridgehead atoms. The van der Waals surface area contributed by atoms with Crippen LogP contribution in [0.25, 0.3) is 0 Å². The number of fused-ring (bicyclic) bond motifs is 1. The minimum Gasteiger partial charge on any atom is -0.481 e. The second-order valence-electron chi connectivity index (χ2n) is 10.8. The van der Waals surface area contributed by atoms with Crippen LogP contribution in [0.3, 0.4) is 0 Å². The number of aryl methyl sites for hydroxylation is 1. The highest BCUT2D eigenvalue weighted by molar-refractivity contribution is 8.02. The van der Waals surface area contributed by atoms with Crippen molar-refractivity contribution in [2.75, 3.05) is 37.3 Å². The molecule has 6 nitrogen and oxygen atoms in total. The van der Waals surface area contributed by atoms with Crippen molar-refractivity contribution in [2.45, 2.75) is 38.9 Å². The number of carbonyl (C=O) groups is 1. The quantitative estimate of drug-likeness (QED) is 0.385. The highest BCUT2D eigenvalue weighted by atomic mass is 32.2. The van der Waals surface area contributed by atoms with Crippen LogP contribution >= 0.6 is 11.8 Å². The van der Waals surface area contributed by atoms with E-state index in [2.05, 4.69) is 11.0 Å². The molecule has 3 aliphatic rings. The fraction of sp³-hybridized carbons (Fsp3) is 0.400. The molecule has 5 rings (SSSR count). The van der Waals surface area contributed by atoms with Crippen molar-refractivity contribution in [3.63, 3.8) is 0 Å². The molecule has 1 fully saturated rings. The lowest BCUT2D eigenvalue weighted by Crippen LogP contribution is -2.55. The van der Waals surface area contributed by atoms with E-state index in [-0.39, 0.29) is 23.8 Å². The van der Waals surface area contributed by atoms with Gasteiger partial charge in [-0.25, -0.2) is 9.38 Å². The number of carboxylic acid groups (broad SMARTS) is 1. The Morgan fingerprint density at radius 1 is 1.12 bits per heavy atom. The predicted molar refractivity (Wildman–Crippen MR) is 154 cm³/mol. The Morgan fingerprint density at radius 2 is 1.80 bits per heavy atom. The summed E-state index contributed by atoms with van der Waals surface area (Å²) in [5.74, 6) is -1.49. The minimum atomic E-state index is -4.53. The van der Waals surface area contributed by atoms with Gasteiger partial charge in [-0.15, -0.1) is 11.8 Å². The number of piperazine rings is 1. The number of hydrogen-bond donors (Lipinski definition) is 1.